The zero-order valence-electron chi connectivity index (χ0n) is 19.3. The van der Waals surface area contributed by atoms with E-state index >= 15 is 0 Å². The molecule has 1 amide bonds. The fourth-order valence-electron chi connectivity index (χ4n) is 8.38. The number of fused-ring (bicyclic) bond motifs is 1. The summed E-state index contributed by atoms with van der Waals surface area (Å²) in [5, 5.41) is 0.654. The van der Waals surface area contributed by atoms with Crippen LogP contribution in [0.3, 0.4) is 0 Å². The van der Waals surface area contributed by atoms with Gasteiger partial charge in [0.15, 0.2) is 5.78 Å². The summed E-state index contributed by atoms with van der Waals surface area (Å²) in [6.45, 7) is 5.24. The van der Waals surface area contributed by atoms with Crippen molar-refractivity contribution in [1.82, 2.24) is 4.90 Å². The second kappa shape index (κ2) is 7.22. The molecule has 1 aromatic rings. The lowest BCUT2D eigenvalue weighted by molar-refractivity contribution is -0.142. The van der Waals surface area contributed by atoms with Gasteiger partial charge in [-0.25, -0.2) is 0 Å². The Hall–Kier alpha value is -1.55. The van der Waals surface area contributed by atoms with Crippen LogP contribution in [0.2, 0.25) is 5.02 Å². The maximum Gasteiger partial charge on any atom is 0.223 e. The van der Waals surface area contributed by atoms with Crippen LogP contribution in [0.25, 0.3) is 0 Å². The number of amides is 1. The lowest BCUT2D eigenvalue weighted by atomic mass is 9.49. The Morgan fingerprint density at radius 1 is 1.09 bits per heavy atom. The van der Waals surface area contributed by atoms with Crippen molar-refractivity contribution in [3.05, 3.63) is 27.8 Å². The van der Waals surface area contributed by atoms with Gasteiger partial charge < -0.3 is 9.64 Å². The Morgan fingerprint density at radius 3 is 2.28 bits per heavy atom. The Morgan fingerprint density at radius 2 is 1.69 bits per heavy atom. The first-order chi connectivity index (χ1) is 15.2. The molecular formula is C27H34ClNO3. The summed E-state index contributed by atoms with van der Waals surface area (Å²) in [5.41, 5.74) is 2.21. The molecular weight excluding hydrogens is 422 g/mol. The molecule has 7 rings (SSSR count). The van der Waals surface area contributed by atoms with E-state index in [4.69, 9.17) is 16.3 Å². The molecule has 4 saturated carbocycles. The number of benzene rings is 1. The minimum absolute atomic E-state index is 0.124. The summed E-state index contributed by atoms with van der Waals surface area (Å²) in [7, 11) is 0. The first-order valence-electron chi connectivity index (χ1n) is 12.5. The number of ether oxygens (including phenoxy) is 1. The molecule has 2 heterocycles. The first kappa shape index (κ1) is 21.0. The Labute approximate surface area is 196 Å². The molecule has 4 bridgehead atoms. The number of carbonyl (C=O) groups excluding carboxylic acids is 2. The van der Waals surface area contributed by atoms with E-state index in [9.17, 15) is 9.59 Å². The fraction of sp³-hybridized carbons (Fsp3) is 0.704. The molecule has 5 heteroatoms. The number of Topliss-reactive ketones (excluding diaryl/α,β-unsaturated/α-hetero) is 1. The second-order valence-electron chi connectivity index (χ2n) is 11.9. The molecule has 6 aliphatic rings. The highest BCUT2D eigenvalue weighted by atomic mass is 35.5. The number of carbonyl (C=O) groups is 2. The third-order valence-electron chi connectivity index (χ3n) is 9.45. The second-order valence-corrected chi connectivity index (χ2v) is 12.2. The predicted octanol–water partition coefficient (Wildman–Crippen LogP) is 5.89. The minimum Gasteiger partial charge on any atom is -0.486 e. The predicted molar refractivity (Wildman–Crippen MR) is 124 cm³/mol. The molecule has 0 atom stereocenters. The number of ketones is 1. The SMILES string of the molecule is Cc1cc2c(c(C)c1Cl)C(=O)CC1(CCN(C(=O)CC34CC5CC(CC(C5)C3)C4)CC1)O2. The van der Waals surface area contributed by atoms with Crippen molar-refractivity contribution in [1.29, 1.82) is 0 Å². The largest absolute Gasteiger partial charge is 0.486 e. The van der Waals surface area contributed by atoms with Crippen LogP contribution in [0.4, 0.5) is 0 Å². The zero-order chi connectivity index (χ0) is 22.3. The van der Waals surface area contributed by atoms with E-state index in [0.29, 0.717) is 41.8 Å². The van der Waals surface area contributed by atoms with E-state index in [2.05, 4.69) is 4.90 Å². The van der Waals surface area contributed by atoms with E-state index in [-0.39, 0.29) is 11.2 Å². The molecule has 1 saturated heterocycles. The number of likely N-dealkylation sites (tertiary alicyclic amines) is 1. The van der Waals surface area contributed by atoms with Crippen LogP contribution < -0.4 is 4.74 Å². The van der Waals surface area contributed by atoms with Crippen molar-refractivity contribution in [3.8, 4) is 5.75 Å². The normalized spacial score (nSPS) is 34.5. The van der Waals surface area contributed by atoms with Crippen molar-refractivity contribution in [2.24, 2.45) is 23.2 Å². The highest BCUT2D eigenvalue weighted by molar-refractivity contribution is 6.32. The van der Waals surface area contributed by atoms with Crippen LogP contribution in [-0.2, 0) is 4.79 Å². The third-order valence-corrected chi connectivity index (χ3v) is 10.0. The van der Waals surface area contributed by atoms with Crippen LogP contribution in [-0.4, -0.2) is 35.3 Å². The first-order valence-corrected chi connectivity index (χ1v) is 12.9. The summed E-state index contributed by atoms with van der Waals surface area (Å²) >= 11 is 6.39. The van der Waals surface area contributed by atoms with Gasteiger partial charge >= 0.3 is 0 Å². The quantitative estimate of drug-likeness (QED) is 0.558. The van der Waals surface area contributed by atoms with Crippen molar-refractivity contribution in [2.45, 2.75) is 83.7 Å². The maximum atomic E-state index is 13.3. The summed E-state index contributed by atoms with van der Waals surface area (Å²) in [5.74, 6) is 3.76. The van der Waals surface area contributed by atoms with Crippen LogP contribution in [0, 0.1) is 37.0 Å². The van der Waals surface area contributed by atoms with Gasteiger partial charge in [-0.3, -0.25) is 9.59 Å². The zero-order valence-corrected chi connectivity index (χ0v) is 20.1. The van der Waals surface area contributed by atoms with Gasteiger partial charge in [0.25, 0.3) is 0 Å². The molecule has 172 valence electrons. The van der Waals surface area contributed by atoms with Gasteiger partial charge in [-0.2, -0.15) is 0 Å². The number of hydrogen-bond acceptors (Lipinski definition) is 3. The van der Waals surface area contributed by atoms with Gasteiger partial charge in [-0.05, 0) is 92.7 Å². The number of piperidine rings is 1. The maximum absolute atomic E-state index is 13.3. The van der Waals surface area contributed by atoms with Gasteiger partial charge in [0.2, 0.25) is 5.91 Å². The van der Waals surface area contributed by atoms with Gasteiger partial charge in [0.05, 0.1) is 12.0 Å². The van der Waals surface area contributed by atoms with E-state index in [1.54, 1.807) is 0 Å². The standard InChI is InChI=1S/C27H34ClNO3/c1-16-7-22-24(17(2)25(16)28)21(30)14-27(32-22)3-5-29(6-4-27)23(31)15-26-11-18-8-19(12-26)10-20(9-18)13-26/h7,18-20H,3-6,8-15H2,1-2H3. The molecule has 5 fully saturated rings. The van der Waals surface area contributed by atoms with Gasteiger partial charge in [-0.1, -0.05) is 11.6 Å². The average molecular weight is 456 g/mol. The molecule has 0 aromatic heterocycles. The number of rotatable bonds is 2. The molecule has 0 unspecified atom stereocenters. The topological polar surface area (TPSA) is 46.6 Å². The number of nitrogens with zero attached hydrogens (tertiary/aromatic N) is 1. The molecule has 32 heavy (non-hydrogen) atoms. The summed E-state index contributed by atoms with van der Waals surface area (Å²) in [6, 6.07) is 1.91. The van der Waals surface area contributed by atoms with Crippen LogP contribution in [0.15, 0.2) is 6.07 Å². The van der Waals surface area contributed by atoms with Gasteiger partial charge in [0, 0.05) is 37.4 Å². The molecule has 0 radical (unpaired) electrons. The highest BCUT2D eigenvalue weighted by Crippen LogP contribution is 2.61. The van der Waals surface area contributed by atoms with Crippen LogP contribution >= 0.6 is 11.6 Å². The molecule has 1 aromatic carbocycles. The van der Waals surface area contributed by atoms with Crippen molar-refractivity contribution in [3.63, 3.8) is 0 Å². The minimum atomic E-state index is -0.478. The van der Waals surface area contributed by atoms with Crippen LogP contribution in [0.5, 0.6) is 5.75 Å². The Balaban J connectivity index is 1.14. The van der Waals surface area contributed by atoms with Gasteiger partial charge in [-0.15, -0.1) is 0 Å². The third kappa shape index (κ3) is 3.31. The molecule has 4 aliphatic carbocycles. The smallest absolute Gasteiger partial charge is 0.223 e. The average Bonchev–Trinajstić information content (AvgIpc) is 2.70. The van der Waals surface area contributed by atoms with Crippen molar-refractivity contribution in [2.75, 3.05) is 13.1 Å². The lowest BCUT2D eigenvalue weighted by Crippen LogP contribution is -2.54. The number of aryl methyl sites for hydroxylation is 1. The van der Waals surface area contributed by atoms with Crippen LogP contribution in [0.1, 0.15) is 85.7 Å². The molecule has 2 aliphatic heterocycles. The number of hydrogen-bond donors (Lipinski definition) is 0. The van der Waals surface area contributed by atoms with E-state index in [1.165, 1.54) is 38.5 Å². The monoisotopic (exact) mass is 455 g/mol. The fourth-order valence-corrected chi connectivity index (χ4v) is 8.53. The van der Waals surface area contributed by atoms with E-state index in [0.717, 1.165) is 48.1 Å². The highest BCUT2D eigenvalue weighted by Gasteiger charge is 2.52. The van der Waals surface area contributed by atoms with E-state index < -0.39 is 5.60 Å². The van der Waals surface area contributed by atoms with E-state index in [1.807, 2.05) is 19.9 Å². The Kier molecular flexibility index (Phi) is 4.74. The molecule has 1 spiro atoms. The lowest BCUT2D eigenvalue weighted by Gasteiger charge is -2.57. The van der Waals surface area contributed by atoms with Crippen molar-refractivity contribution < 1.29 is 14.3 Å². The van der Waals surface area contributed by atoms with Gasteiger partial charge in [0.1, 0.15) is 11.4 Å². The molecule has 0 N–H and O–H groups in total. The molecule has 4 nitrogen and oxygen atoms in total. The summed E-state index contributed by atoms with van der Waals surface area (Å²) in [6.07, 6.45) is 10.6. The summed E-state index contributed by atoms with van der Waals surface area (Å²) < 4.78 is 6.49. The summed E-state index contributed by atoms with van der Waals surface area (Å²) in [4.78, 5) is 28.5. The van der Waals surface area contributed by atoms with Crippen molar-refractivity contribution >= 4 is 23.3 Å². The number of halogens is 1. The Bertz CT molecular complexity index is 956.